The van der Waals surface area contributed by atoms with Crippen LogP contribution in [-0.2, 0) is 11.3 Å². The smallest absolute Gasteiger partial charge is 0.304 e. The predicted octanol–water partition coefficient (Wildman–Crippen LogP) is 0.441. The summed E-state index contributed by atoms with van der Waals surface area (Å²) in [5.41, 5.74) is 0.761. The normalized spacial score (nSPS) is 24.5. The van der Waals surface area contributed by atoms with Crippen LogP contribution in [-0.4, -0.2) is 23.5 Å². The van der Waals surface area contributed by atoms with E-state index in [1.54, 1.807) is 5.38 Å². The second-order valence-corrected chi connectivity index (χ2v) is 5.37. The molecule has 2 rings (SSSR count). The van der Waals surface area contributed by atoms with E-state index in [-0.39, 0.29) is 16.8 Å². The third-order valence-corrected chi connectivity index (χ3v) is 3.72. The molecule has 1 aromatic rings. The summed E-state index contributed by atoms with van der Waals surface area (Å²) in [6.07, 6.45) is 2.01. The molecule has 0 saturated carbocycles. The first-order valence-electron chi connectivity index (χ1n) is 5.83. The van der Waals surface area contributed by atoms with Crippen molar-refractivity contribution < 1.29 is 4.79 Å². The van der Waals surface area contributed by atoms with E-state index in [1.807, 2.05) is 0 Å². The van der Waals surface area contributed by atoms with Crippen LogP contribution >= 0.6 is 11.3 Å². The van der Waals surface area contributed by atoms with Crippen LogP contribution in [0.15, 0.2) is 10.2 Å². The molecular formula is C11H17N3O2S. The Morgan fingerprint density at radius 3 is 3.12 bits per heavy atom. The number of rotatable bonds is 3. The molecule has 3 N–H and O–H groups in total. The molecule has 1 aromatic heterocycles. The van der Waals surface area contributed by atoms with E-state index >= 15 is 0 Å². The summed E-state index contributed by atoms with van der Waals surface area (Å²) in [5, 5.41) is 7.78. The van der Waals surface area contributed by atoms with E-state index in [0.717, 1.165) is 36.4 Å². The second-order valence-electron chi connectivity index (χ2n) is 4.53. The zero-order valence-electron chi connectivity index (χ0n) is 9.79. The number of aromatic nitrogens is 1. The Morgan fingerprint density at radius 2 is 2.47 bits per heavy atom. The number of nitrogens with one attached hydrogen (secondary N) is 3. The minimum atomic E-state index is -0.0934. The molecule has 1 fully saturated rings. The average Bonchev–Trinajstić information content (AvgIpc) is 2.72. The Kier molecular flexibility index (Phi) is 3.96. The zero-order valence-corrected chi connectivity index (χ0v) is 10.6. The van der Waals surface area contributed by atoms with E-state index in [9.17, 15) is 9.59 Å². The molecule has 0 aliphatic carbocycles. The van der Waals surface area contributed by atoms with Gasteiger partial charge in [0.2, 0.25) is 5.91 Å². The van der Waals surface area contributed by atoms with Gasteiger partial charge in [-0.1, -0.05) is 18.3 Å². The molecule has 0 aromatic carbocycles. The van der Waals surface area contributed by atoms with Crippen molar-refractivity contribution in [1.82, 2.24) is 15.6 Å². The van der Waals surface area contributed by atoms with Crippen LogP contribution in [0, 0.1) is 5.92 Å². The van der Waals surface area contributed by atoms with Gasteiger partial charge in [0.15, 0.2) is 0 Å². The number of H-pyrrole nitrogens is 1. The van der Waals surface area contributed by atoms with Gasteiger partial charge >= 0.3 is 4.87 Å². The lowest BCUT2D eigenvalue weighted by molar-refractivity contribution is -0.124. The monoisotopic (exact) mass is 255 g/mol. The van der Waals surface area contributed by atoms with Gasteiger partial charge in [0.25, 0.3) is 0 Å². The fourth-order valence-corrected chi connectivity index (χ4v) is 2.59. The van der Waals surface area contributed by atoms with Gasteiger partial charge in [-0.15, -0.1) is 0 Å². The molecule has 2 heterocycles. The Balaban J connectivity index is 1.82. The minimum absolute atomic E-state index is 0.0172. The van der Waals surface area contributed by atoms with Crippen LogP contribution in [0.4, 0.5) is 0 Å². The molecule has 1 amide bonds. The molecule has 17 heavy (non-hydrogen) atoms. The summed E-state index contributed by atoms with van der Waals surface area (Å²) in [7, 11) is 0. The van der Waals surface area contributed by atoms with Gasteiger partial charge in [0.05, 0.1) is 12.6 Å². The quantitative estimate of drug-likeness (QED) is 0.734. The minimum Gasteiger partial charge on any atom is -0.349 e. The number of piperidine rings is 1. The van der Waals surface area contributed by atoms with Crippen molar-refractivity contribution in [2.75, 3.05) is 6.54 Å². The maximum Gasteiger partial charge on any atom is 0.304 e. The molecule has 0 radical (unpaired) electrons. The third-order valence-electron chi connectivity index (χ3n) is 3.01. The largest absolute Gasteiger partial charge is 0.349 e. The molecule has 2 unspecified atom stereocenters. The van der Waals surface area contributed by atoms with E-state index in [0.29, 0.717) is 12.5 Å². The number of amides is 1. The van der Waals surface area contributed by atoms with Crippen molar-refractivity contribution in [1.29, 1.82) is 0 Å². The molecule has 1 aliphatic rings. The summed E-state index contributed by atoms with van der Waals surface area (Å²) < 4.78 is 0. The molecule has 94 valence electrons. The molecule has 0 spiro atoms. The van der Waals surface area contributed by atoms with Crippen LogP contribution in [0.25, 0.3) is 0 Å². The summed E-state index contributed by atoms with van der Waals surface area (Å²) in [4.78, 5) is 25.4. The number of thiazole rings is 1. The molecule has 6 heteroatoms. The van der Waals surface area contributed by atoms with Gasteiger partial charge in [-0.3, -0.25) is 9.59 Å². The van der Waals surface area contributed by atoms with Crippen LogP contribution < -0.4 is 15.5 Å². The first-order valence-corrected chi connectivity index (χ1v) is 6.71. The summed E-state index contributed by atoms with van der Waals surface area (Å²) in [5.74, 6) is 0.608. The van der Waals surface area contributed by atoms with Gasteiger partial charge in [-0.2, -0.15) is 0 Å². The van der Waals surface area contributed by atoms with Crippen LogP contribution in [0.2, 0.25) is 0 Å². The van der Waals surface area contributed by atoms with Gasteiger partial charge < -0.3 is 15.6 Å². The second kappa shape index (κ2) is 5.46. The third kappa shape index (κ3) is 3.41. The van der Waals surface area contributed by atoms with Gasteiger partial charge in [0, 0.05) is 11.1 Å². The lowest BCUT2D eigenvalue weighted by Crippen LogP contribution is -2.48. The Hall–Kier alpha value is -1.14. The zero-order chi connectivity index (χ0) is 12.3. The van der Waals surface area contributed by atoms with Gasteiger partial charge in [-0.25, -0.2) is 0 Å². The Labute approximate surface area is 104 Å². The van der Waals surface area contributed by atoms with Crippen LogP contribution in [0.5, 0.6) is 0 Å². The van der Waals surface area contributed by atoms with Crippen molar-refractivity contribution in [3.05, 3.63) is 20.7 Å². The summed E-state index contributed by atoms with van der Waals surface area (Å²) in [6.45, 7) is 3.45. The lowest BCUT2D eigenvalue weighted by Gasteiger charge is -2.27. The van der Waals surface area contributed by atoms with Crippen molar-refractivity contribution in [2.45, 2.75) is 32.4 Å². The average molecular weight is 255 g/mol. The lowest BCUT2D eigenvalue weighted by atomic mass is 9.94. The number of hydrogen-bond donors (Lipinski definition) is 3. The molecule has 0 bridgehead atoms. The topological polar surface area (TPSA) is 74.0 Å². The van der Waals surface area contributed by atoms with Crippen LogP contribution in [0.3, 0.4) is 0 Å². The van der Waals surface area contributed by atoms with Crippen molar-refractivity contribution in [2.24, 2.45) is 5.92 Å². The highest BCUT2D eigenvalue weighted by molar-refractivity contribution is 7.07. The predicted molar refractivity (Wildman–Crippen MR) is 67.0 cm³/mol. The Bertz CT molecular complexity index is 440. The maximum absolute atomic E-state index is 11.9. The van der Waals surface area contributed by atoms with Crippen molar-refractivity contribution in [3.8, 4) is 0 Å². The summed E-state index contributed by atoms with van der Waals surface area (Å²) in [6, 6.07) is -0.0934. The van der Waals surface area contributed by atoms with E-state index in [4.69, 9.17) is 0 Å². The van der Waals surface area contributed by atoms with E-state index in [2.05, 4.69) is 22.5 Å². The molecule has 1 aliphatic heterocycles. The standard InChI is InChI=1S/C11H17N3O2S/c1-7-2-3-12-9(4-7)10(15)13-5-8-6-17-11(16)14-8/h6-7,9,12H,2-5H2,1H3,(H,13,15)(H,14,16). The Morgan fingerprint density at radius 1 is 1.65 bits per heavy atom. The maximum atomic E-state index is 11.9. The van der Waals surface area contributed by atoms with E-state index in [1.165, 1.54) is 0 Å². The molecule has 5 nitrogen and oxygen atoms in total. The number of aromatic amines is 1. The van der Waals surface area contributed by atoms with Crippen molar-refractivity contribution in [3.63, 3.8) is 0 Å². The van der Waals surface area contributed by atoms with Crippen LogP contribution in [0.1, 0.15) is 25.5 Å². The first kappa shape index (κ1) is 12.3. The summed E-state index contributed by atoms with van der Waals surface area (Å²) >= 11 is 1.11. The van der Waals surface area contributed by atoms with Gasteiger partial charge in [-0.05, 0) is 25.3 Å². The molecule has 2 atom stereocenters. The number of carbonyl (C=O) groups is 1. The van der Waals surface area contributed by atoms with E-state index < -0.39 is 0 Å². The highest BCUT2D eigenvalue weighted by Gasteiger charge is 2.24. The fourth-order valence-electron chi connectivity index (χ4n) is 2.01. The number of carbonyl (C=O) groups excluding carboxylic acids is 1. The number of hydrogen-bond acceptors (Lipinski definition) is 4. The highest BCUT2D eigenvalue weighted by atomic mass is 32.1. The first-order chi connectivity index (χ1) is 8.15. The fraction of sp³-hybridized carbons (Fsp3) is 0.636. The highest BCUT2D eigenvalue weighted by Crippen LogP contribution is 2.14. The molecular weight excluding hydrogens is 238 g/mol. The van der Waals surface area contributed by atoms with Crippen molar-refractivity contribution >= 4 is 17.2 Å². The van der Waals surface area contributed by atoms with Gasteiger partial charge in [0.1, 0.15) is 0 Å². The molecule has 1 saturated heterocycles. The SMILES string of the molecule is CC1CCNC(C(=O)NCc2csc(=O)[nH]2)C1.